The van der Waals surface area contributed by atoms with E-state index in [0.29, 0.717) is 22.3 Å². The number of nitrogen functional groups attached to an aromatic ring is 2. The number of methoxy groups -OCH3 is 1. The highest BCUT2D eigenvalue weighted by Crippen LogP contribution is 2.33. The van der Waals surface area contributed by atoms with Gasteiger partial charge in [-0.1, -0.05) is 25.1 Å². The van der Waals surface area contributed by atoms with Crippen molar-refractivity contribution in [1.82, 2.24) is 9.97 Å². The van der Waals surface area contributed by atoms with Crippen LogP contribution in [0.2, 0.25) is 0 Å². The number of hydrogen-bond donors (Lipinski definition) is 5. The molecule has 0 radical (unpaired) electrons. The summed E-state index contributed by atoms with van der Waals surface area (Å²) in [6.45, 7) is 2.15. The number of ether oxygens (including phenoxy) is 1. The van der Waals surface area contributed by atoms with E-state index in [1.165, 1.54) is 17.0 Å². The molecule has 0 aliphatic rings. The van der Waals surface area contributed by atoms with Gasteiger partial charge in [0.2, 0.25) is 5.88 Å². The van der Waals surface area contributed by atoms with E-state index in [-0.39, 0.29) is 11.5 Å². The van der Waals surface area contributed by atoms with Crippen molar-refractivity contribution < 1.29 is 14.9 Å². The van der Waals surface area contributed by atoms with Gasteiger partial charge in [0.25, 0.3) is 0 Å². The Morgan fingerprint density at radius 2 is 1.61 bits per heavy atom. The molecule has 38 heavy (non-hydrogen) atoms. The SMILES string of the molecule is CCSc1ccc(-c2cc3cc(-c4cnc(OC)c(N)c4)ccc3nc2N)cc1.Oc1ccc(S)cc1O. The number of phenolic OH excluding ortho intramolecular Hbond substituents is 2. The van der Waals surface area contributed by atoms with Gasteiger partial charge >= 0.3 is 0 Å². The second kappa shape index (κ2) is 12.0. The number of benzene rings is 3. The summed E-state index contributed by atoms with van der Waals surface area (Å²) in [5, 5.41) is 18.6. The molecular formula is C29H28N4O3S2. The van der Waals surface area contributed by atoms with Crippen molar-refractivity contribution in [3.05, 3.63) is 79.0 Å². The van der Waals surface area contributed by atoms with Gasteiger partial charge in [0, 0.05) is 32.5 Å². The molecule has 5 rings (SSSR count). The molecule has 0 bridgehead atoms. The van der Waals surface area contributed by atoms with Gasteiger partial charge in [-0.2, -0.15) is 0 Å². The van der Waals surface area contributed by atoms with Crippen LogP contribution in [0.5, 0.6) is 17.4 Å². The summed E-state index contributed by atoms with van der Waals surface area (Å²) in [5.41, 5.74) is 17.5. The molecule has 194 valence electrons. The summed E-state index contributed by atoms with van der Waals surface area (Å²) in [7, 11) is 1.56. The molecule has 0 atom stereocenters. The predicted octanol–water partition coefficient (Wildman–Crippen LogP) is 6.64. The third-order valence-electron chi connectivity index (χ3n) is 5.69. The number of aromatic hydroxyl groups is 2. The van der Waals surface area contributed by atoms with Crippen LogP contribution in [0.1, 0.15) is 6.92 Å². The first-order valence-electron chi connectivity index (χ1n) is 11.7. The molecule has 0 spiro atoms. The summed E-state index contributed by atoms with van der Waals surface area (Å²) in [6.07, 6.45) is 1.76. The molecule has 0 saturated heterocycles. The number of pyridine rings is 2. The summed E-state index contributed by atoms with van der Waals surface area (Å²) in [4.78, 5) is 10.7. The standard InChI is InChI=1S/C23H22N4OS.C6H6O2S/c1-3-29-18-7-4-14(5-8-18)19-11-16-10-15(6-9-21(16)27-22(19)25)17-12-20(24)23(28-2)26-13-17;7-5-2-1-4(9)3-6(5)8/h4-13H,3,24H2,1-2H3,(H2,25,27);1-3,7-9H. The lowest BCUT2D eigenvalue weighted by atomic mass is 10.0. The van der Waals surface area contributed by atoms with Crippen molar-refractivity contribution in [3.8, 4) is 39.6 Å². The molecule has 0 fully saturated rings. The van der Waals surface area contributed by atoms with E-state index in [1.807, 2.05) is 30.0 Å². The fraction of sp³-hybridized carbons (Fsp3) is 0.103. The summed E-state index contributed by atoms with van der Waals surface area (Å²) >= 11 is 5.75. The minimum absolute atomic E-state index is 0.118. The first kappa shape index (κ1) is 27.0. The van der Waals surface area contributed by atoms with Gasteiger partial charge < -0.3 is 26.4 Å². The van der Waals surface area contributed by atoms with Crippen LogP contribution in [0.15, 0.2) is 88.8 Å². The highest BCUT2D eigenvalue weighted by atomic mass is 32.2. The fourth-order valence-electron chi connectivity index (χ4n) is 3.81. The molecular weight excluding hydrogens is 516 g/mol. The number of hydrogen-bond acceptors (Lipinski definition) is 9. The minimum Gasteiger partial charge on any atom is -0.504 e. The molecule has 0 saturated carbocycles. The topological polar surface area (TPSA) is 128 Å². The maximum Gasteiger partial charge on any atom is 0.236 e. The molecule has 9 heteroatoms. The largest absolute Gasteiger partial charge is 0.504 e. The summed E-state index contributed by atoms with van der Waals surface area (Å²) < 4.78 is 5.15. The number of phenols is 2. The van der Waals surface area contributed by atoms with Crippen molar-refractivity contribution in [2.75, 3.05) is 24.3 Å². The average molecular weight is 545 g/mol. The van der Waals surface area contributed by atoms with Gasteiger partial charge in [0.15, 0.2) is 11.5 Å². The molecule has 7 nitrogen and oxygen atoms in total. The Balaban J connectivity index is 0.000000317. The molecule has 0 aliphatic carbocycles. The predicted molar refractivity (Wildman–Crippen MR) is 159 cm³/mol. The second-order valence-corrected chi connectivity index (χ2v) is 10.1. The number of rotatable bonds is 5. The summed E-state index contributed by atoms with van der Waals surface area (Å²) in [5.74, 6) is 1.75. The van der Waals surface area contributed by atoms with Crippen molar-refractivity contribution in [1.29, 1.82) is 0 Å². The Hall–Kier alpha value is -4.08. The molecule has 0 aliphatic heterocycles. The number of fused-ring (bicyclic) bond motifs is 1. The lowest BCUT2D eigenvalue weighted by Crippen LogP contribution is -1.96. The molecule has 2 aromatic heterocycles. The van der Waals surface area contributed by atoms with Gasteiger partial charge in [-0.25, -0.2) is 9.97 Å². The first-order chi connectivity index (χ1) is 18.3. The van der Waals surface area contributed by atoms with E-state index in [1.54, 1.807) is 19.4 Å². The zero-order chi connectivity index (χ0) is 27.2. The highest BCUT2D eigenvalue weighted by molar-refractivity contribution is 7.99. The van der Waals surface area contributed by atoms with Gasteiger partial charge in [-0.3, -0.25) is 0 Å². The first-order valence-corrected chi connectivity index (χ1v) is 13.2. The van der Waals surface area contributed by atoms with Gasteiger partial charge in [0.1, 0.15) is 5.82 Å². The lowest BCUT2D eigenvalue weighted by molar-refractivity contribution is 0.400. The van der Waals surface area contributed by atoms with Crippen molar-refractivity contribution in [2.45, 2.75) is 16.7 Å². The highest BCUT2D eigenvalue weighted by Gasteiger charge is 2.10. The van der Waals surface area contributed by atoms with E-state index in [2.05, 4.69) is 65.9 Å². The quantitative estimate of drug-likeness (QED) is 0.0947. The van der Waals surface area contributed by atoms with Crippen LogP contribution in [0.3, 0.4) is 0 Å². The molecule has 0 unspecified atom stereocenters. The Bertz CT molecular complexity index is 1580. The third-order valence-corrected chi connectivity index (χ3v) is 6.86. The summed E-state index contributed by atoms with van der Waals surface area (Å²) in [6, 6.07) is 22.8. The van der Waals surface area contributed by atoms with Crippen LogP contribution in [0.25, 0.3) is 33.2 Å². The molecule has 3 aromatic carbocycles. The van der Waals surface area contributed by atoms with Crippen molar-refractivity contribution in [3.63, 3.8) is 0 Å². The number of anilines is 2. The van der Waals surface area contributed by atoms with Crippen molar-refractivity contribution in [2.24, 2.45) is 0 Å². The van der Waals surface area contributed by atoms with Crippen LogP contribution in [-0.2, 0) is 0 Å². The third kappa shape index (κ3) is 6.24. The molecule has 0 amide bonds. The van der Waals surface area contributed by atoms with Crippen LogP contribution >= 0.6 is 24.4 Å². The molecule has 2 heterocycles. The van der Waals surface area contributed by atoms with Gasteiger partial charge in [0.05, 0.1) is 18.3 Å². The molecule has 6 N–H and O–H groups in total. The normalized spacial score (nSPS) is 10.6. The second-order valence-electron chi connectivity index (χ2n) is 8.28. The maximum atomic E-state index is 8.80. The number of aromatic nitrogens is 2. The number of nitrogens with two attached hydrogens (primary N) is 2. The average Bonchev–Trinajstić information content (AvgIpc) is 2.91. The van der Waals surface area contributed by atoms with Crippen LogP contribution < -0.4 is 16.2 Å². The lowest BCUT2D eigenvalue weighted by Gasteiger charge is -2.10. The number of thiol groups is 1. The van der Waals surface area contributed by atoms with Crippen LogP contribution in [0, 0.1) is 0 Å². The number of nitrogens with zero attached hydrogens (tertiary/aromatic N) is 2. The van der Waals surface area contributed by atoms with Crippen molar-refractivity contribution >= 4 is 46.8 Å². The Morgan fingerprint density at radius 1 is 0.868 bits per heavy atom. The van der Waals surface area contributed by atoms with E-state index >= 15 is 0 Å². The Kier molecular flexibility index (Phi) is 8.50. The van der Waals surface area contributed by atoms with E-state index in [4.69, 9.17) is 26.4 Å². The smallest absolute Gasteiger partial charge is 0.236 e. The molecule has 5 aromatic rings. The van der Waals surface area contributed by atoms with E-state index in [0.717, 1.165) is 38.9 Å². The monoisotopic (exact) mass is 544 g/mol. The zero-order valence-electron chi connectivity index (χ0n) is 20.9. The van der Waals surface area contributed by atoms with Gasteiger partial charge in [-0.05, 0) is 71.5 Å². The van der Waals surface area contributed by atoms with Gasteiger partial charge in [-0.15, -0.1) is 24.4 Å². The van der Waals surface area contributed by atoms with E-state index < -0.39 is 0 Å². The Morgan fingerprint density at radius 3 is 2.24 bits per heavy atom. The van der Waals surface area contributed by atoms with Crippen LogP contribution in [0.4, 0.5) is 11.5 Å². The fourth-order valence-corrected chi connectivity index (χ4v) is 4.67. The number of thioether (sulfide) groups is 1. The maximum absolute atomic E-state index is 8.80. The zero-order valence-corrected chi connectivity index (χ0v) is 22.6. The van der Waals surface area contributed by atoms with E-state index in [9.17, 15) is 0 Å². The minimum atomic E-state index is -0.137. The van der Waals surface area contributed by atoms with Crippen LogP contribution in [-0.4, -0.2) is 33.0 Å². The Labute approximate surface area is 230 Å².